The van der Waals surface area contributed by atoms with E-state index in [2.05, 4.69) is 0 Å². The zero-order valence-corrected chi connectivity index (χ0v) is 16.1. The maximum atomic E-state index is 11.0. The Hall–Kier alpha value is -2.41. The summed E-state index contributed by atoms with van der Waals surface area (Å²) in [7, 11) is 0. The van der Waals surface area contributed by atoms with Crippen molar-refractivity contribution in [1.82, 2.24) is 0 Å². The quantitative estimate of drug-likeness (QED) is 0.515. The van der Waals surface area contributed by atoms with Gasteiger partial charge in [0, 0.05) is 18.6 Å². The van der Waals surface area contributed by atoms with Crippen LogP contribution in [0.5, 0.6) is 0 Å². The van der Waals surface area contributed by atoms with Crippen molar-refractivity contribution in [3.05, 3.63) is 71.8 Å². The van der Waals surface area contributed by atoms with Gasteiger partial charge < -0.3 is 25.1 Å². The minimum Gasteiger partial charge on any atom is -0.449 e. The fourth-order valence-corrected chi connectivity index (χ4v) is 2.80. The Balaban J connectivity index is 1.81. The molecule has 2 rings (SSSR count). The van der Waals surface area contributed by atoms with E-state index >= 15 is 0 Å². The number of amides is 1. The summed E-state index contributed by atoms with van der Waals surface area (Å²) in [5, 5.41) is 9.98. The monoisotopic (exact) mass is 387 g/mol. The van der Waals surface area contributed by atoms with Gasteiger partial charge >= 0.3 is 6.09 Å². The number of hydrogen-bond donors (Lipinski definition) is 2. The first kappa shape index (κ1) is 21.9. The molecule has 0 fully saturated rings. The molecule has 0 bridgehead atoms. The lowest BCUT2D eigenvalue weighted by molar-refractivity contribution is -0.0187. The Morgan fingerprint density at radius 3 is 1.71 bits per heavy atom. The molecule has 28 heavy (non-hydrogen) atoms. The number of nitrogens with two attached hydrogens (primary N) is 1. The van der Waals surface area contributed by atoms with Crippen molar-refractivity contribution in [2.24, 2.45) is 11.1 Å². The first-order valence-electron chi connectivity index (χ1n) is 9.40. The molecule has 0 atom stereocenters. The number of aliphatic hydroxyl groups is 1. The Labute approximate surface area is 166 Å². The first-order valence-corrected chi connectivity index (χ1v) is 9.40. The van der Waals surface area contributed by atoms with Crippen LogP contribution < -0.4 is 5.73 Å². The lowest BCUT2D eigenvalue weighted by Gasteiger charge is -2.31. The number of benzene rings is 2. The largest absolute Gasteiger partial charge is 0.449 e. The predicted octanol–water partition coefficient (Wildman–Crippen LogP) is 3.27. The van der Waals surface area contributed by atoms with Crippen LogP contribution in [0.25, 0.3) is 0 Å². The van der Waals surface area contributed by atoms with Gasteiger partial charge in [0.05, 0.1) is 19.8 Å². The number of aliphatic hydroxyl groups excluding tert-OH is 1. The topological polar surface area (TPSA) is 91.0 Å². The van der Waals surface area contributed by atoms with Crippen molar-refractivity contribution in [2.75, 3.05) is 26.4 Å². The van der Waals surface area contributed by atoms with Gasteiger partial charge in [0.25, 0.3) is 0 Å². The van der Waals surface area contributed by atoms with Crippen molar-refractivity contribution in [1.29, 1.82) is 0 Å². The molecule has 6 heteroatoms. The number of carbonyl (C=O) groups excluding carboxylic acids is 1. The summed E-state index contributed by atoms with van der Waals surface area (Å²) in [6, 6.07) is 19.7. The van der Waals surface area contributed by atoms with Crippen LogP contribution in [0.2, 0.25) is 0 Å². The van der Waals surface area contributed by atoms with Crippen LogP contribution in [0.1, 0.15) is 24.0 Å². The van der Waals surface area contributed by atoms with Gasteiger partial charge in [-0.25, -0.2) is 4.79 Å². The van der Waals surface area contributed by atoms with E-state index in [0.717, 1.165) is 11.1 Å². The van der Waals surface area contributed by atoms with Crippen LogP contribution in [-0.4, -0.2) is 37.6 Å². The van der Waals surface area contributed by atoms with E-state index in [4.69, 9.17) is 19.9 Å². The average molecular weight is 387 g/mol. The van der Waals surface area contributed by atoms with E-state index in [9.17, 15) is 9.90 Å². The molecular formula is C22H29NO5. The van der Waals surface area contributed by atoms with E-state index in [1.54, 1.807) is 0 Å². The summed E-state index contributed by atoms with van der Waals surface area (Å²) < 4.78 is 16.5. The Morgan fingerprint density at radius 2 is 1.32 bits per heavy atom. The Bertz CT molecular complexity index is 630. The van der Waals surface area contributed by atoms with Gasteiger partial charge in [0.2, 0.25) is 0 Å². The van der Waals surface area contributed by atoms with Crippen molar-refractivity contribution < 1.29 is 24.1 Å². The molecule has 3 N–H and O–H groups in total. The van der Waals surface area contributed by atoms with Gasteiger partial charge in [-0.05, 0) is 24.0 Å². The van der Waals surface area contributed by atoms with Gasteiger partial charge in [-0.15, -0.1) is 0 Å². The fraction of sp³-hybridized carbons (Fsp3) is 0.409. The molecule has 2 aromatic carbocycles. The van der Waals surface area contributed by atoms with E-state index in [0.29, 0.717) is 39.3 Å². The molecule has 0 unspecified atom stereocenters. The lowest BCUT2D eigenvalue weighted by Crippen LogP contribution is -2.36. The van der Waals surface area contributed by atoms with Gasteiger partial charge in [-0.2, -0.15) is 0 Å². The molecule has 0 saturated heterocycles. The molecule has 0 aliphatic rings. The summed E-state index contributed by atoms with van der Waals surface area (Å²) in [6.07, 6.45) is 0.199. The highest BCUT2D eigenvalue weighted by atomic mass is 16.5. The number of rotatable bonds is 13. The number of hydrogen-bond acceptors (Lipinski definition) is 5. The first-order chi connectivity index (χ1) is 13.6. The maximum Gasteiger partial charge on any atom is 0.404 e. The minimum absolute atomic E-state index is 0.0300. The summed E-state index contributed by atoms with van der Waals surface area (Å²) in [5.74, 6) is 0. The van der Waals surface area contributed by atoms with E-state index < -0.39 is 11.5 Å². The van der Waals surface area contributed by atoms with Gasteiger partial charge in [0.1, 0.15) is 6.61 Å². The predicted molar refractivity (Wildman–Crippen MR) is 106 cm³/mol. The van der Waals surface area contributed by atoms with E-state index in [-0.39, 0.29) is 13.2 Å². The van der Waals surface area contributed by atoms with Gasteiger partial charge in [0.15, 0.2) is 0 Å². The molecule has 0 aromatic heterocycles. The number of ether oxygens (including phenoxy) is 3. The molecular weight excluding hydrogens is 358 g/mol. The van der Waals surface area contributed by atoms with Gasteiger partial charge in [-0.3, -0.25) is 0 Å². The van der Waals surface area contributed by atoms with E-state index in [1.165, 1.54) is 0 Å². The van der Waals surface area contributed by atoms with Crippen molar-refractivity contribution in [3.8, 4) is 0 Å². The third-order valence-corrected chi connectivity index (χ3v) is 4.63. The summed E-state index contributed by atoms with van der Waals surface area (Å²) in [4.78, 5) is 11.0. The molecule has 0 spiro atoms. The van der Waals surface area contributed by atoms with Crippen molar-refractivity contribution >= 4 is 6.09 Å². The molecule has 0 aliphatic carbocycles. The Kier molecular flexibility index (Phi) is 9.48. The highest BCUT2D eigenvalue weighted by molar-refractivity contribution is 5.64. The third kappa shape index (κ3) is 8.08. The molecule has 0 heterocycles. The standard InChI is InChI=1S/C22H29NO5/c23-21(25)28-18-22(17-24,11-13-26-15-19-7-3-1-4-8-19)12-14-27-16-20-9-5-2-6-10-20/h1-10,24H,11-18H2,(H2,23,25). The molecule has 152 valence electrons. The summed E-state index contributed by atoms with van der Waals surface area (Å²) >= 11 is 0. The molecule has 1 amide bonds. The Morgan fingerprint density at radius 1 is 0.857 bits per heavy atom. The summed E-state index contributed by atoms with van der Waals surface area (Å²) in [5.41, 5.74) is 6.62. The molecule has 6 nitrogen and oxygen atoms in total. The zero-order valence-electron chi connectivity index (χ0n) is 16.1. The molecule has 2 aromatic rings. The number of primary amides is 1. The summed E-state index contributed by atoms with van der Waals surface area (Å²) in [6.45, 7) is 1.71. The van der Waals surface area contributed by atoms with Crippen molar-refractivity contribution in [2.45, 2.75) is 26.1 Å². The van der Waals surface area contributed by atoms with Crippen LogP contribution in [-0.2, 0) is 27.4 Å². The van der Waals surface area contributed by atoms with E-state index in [1.807, 2.05) is 60.7 Å². The molecule has 0 radical (unpaired) electrons. The second-order valence-corrected chi connectivity index (χ2v) is 6.84. The maximum absolute atomic E-state index is 11.0. The lowest BCUT2D eigenvalue weighted by atomic mass is 9.83. The van der Waals surface area contributed by atoms with Crippen molar-refractivity contribution in [3.63, 3.8) is 0 Å². The fourth-order valence-electron chi connectivity index (χ4n) is 2.80. The highest BCUT2D eigenvalue weighted by Crippen LogP contribution is 2.27. The normalized spacial score (nSPS) is 11.3. The van der Waals surface area contributed by atoms with Crippen LogP contribution in [0, 0.1) is 5.41 Å². The van der Waals surface area contributed by atoms with Crippen LogP contribution >= 0.6 is 0 Å². The third-order valence-electron chi connectivity index (χ3n) is 4.63. The second kappa shape index (κ2) is 12.1. The average Bonchev–Trinajstić information content (AvgIpc) is 2.73. The zero-order chi connectivity index (χ0) is 20.1. The smallest absolute Gasteiger partial charge is 0.404 e. The minimum atomic E-state index is -0.853. The number of carbonyl (C=O) groups is 1. The van der Waals surface area contributed by atoms with Crippen LogP contribution in [0.15, 0.2) is 60.7 Å². The van der Waals surface area contributed by atoms with Gasteiger partial charge in [-0.1, -0.05) is 60.7 Å². The SMILES string of the molecule is NC(=O)OCC(CO)(CCOCc1ccccc1)CCOCc1ccccc1. The van der Waals surface area contributed by atoms with Crippen LogP contribution in [0.4, 0.5) is 4.79 Å². The molecule has 0 aliphatic heterocycles. The highest BCUT2D eigenvalue weighted by Gasteiger charge is 2.31. The van der Waals surface area contributed by atoms with Crippen LogP contribution in [0.3, 0.4) is 0 Å². The molecule has 0 saturated carbocycles. The second-order valence-electron chi connectivity index (χ2n) is 6.84.